The van der Waals surface area contributed by atoms with Crippen molar-refractivity contribution < 1.29 is 4.79 Å². The molecule has 0 spiro atoms. The molecule has 0 atom stereocenters. The Labute approximate surface area is 172 Å². The van der Waals surface area contributed by atoms with E-state index in [9.17, 15) is 4.79 Å². The second-order valence-corrected chi connectivity index (χ2v) is 7.39. The number of carbonyl (C=O) groups excluding carboxylic acids is 1. The van der Waals surface area contributed by atoms with Crippen LogP contribution in [-0.2, 0) is 13.1 Å². The fraction of sp³-hybridized carbons (Fsp3) is 0.409. The van der Waals surface area contributed by atoms with Crippen LogP contribution in [-0.4, -0.2) is 56.0 Å². The van der Waals surface area contributed by atoms with Gasteiger partial charge in [0.1, 0.15) is 5.82 Å². The number of amides is 1. The van der Waals surface area contributed by atoms with Gasteiger partial charge < -0.3 is 20.4 Å². The molecule has 1 aromatic carbocycles. The molecule has 1 aliphatic heterocycles. The number of carbonyl (C=O) groups is 1. The van der Waals surface area contributed by atoms with Crippen molar-refractivity contribution in [1.82, 2.24) is 20.5 Å². The smallest absolute Gasteiger partial charge is 0.253 e. The molecule has 7 nitrogen and oxygen atoms in total. The summed E-state index contributed by atoms with van der Waals surface area (Å²) in [4.78, 5) is 24.7. The summed E-state index contributed by atoms with van der Waals surface area (Å²) in [5.41, 5.74) is 2.88. The zero-order valence-electron chi connectivity index (χ0n) is 17.5. The zero-order chi connectivity index (χ0) is 20.6. The molecule has 0 aliphatic carbocycles. The molecule has 1 fully saturated rings. The fourth-order valence-corrected chi connectivity index (χ4v) is 3.27. The molecule has 0 bridgehead atoms. The summed E-state index contributed by atoms with van der Waals surface area (Å²) in [6.07, 6.45) is 4.43. The van der Waals surface area contributed by atoms with E-state index < -0.39 is 0 Å². The third-order valence-corrected chi connectivity index (χ3v) is 4.99. The monoisotopic (exact) mass is 394 g/mol. The van der Waals surface area contributed by atoms with Gasteiger partial charge in [0.05, 0.1) is 0 Å². The largest absolute Gasteiger partial charge is 0.357 e. The van der Waals surface area contributed by atoms with Crippen molar-refractivity contribution in [2.45, 2.75) is 25.9 Å². The lowest BCUT2D eigenvalue weighted by molar-refractivity contribution is 0.0827. The molecule has 1 amide bonds. The number of anilines is 1. The van der Waals surface area contributed by atoms with E-state index in [0.29, 0.717) is 18.7 Å². The van der Waals surface area contributed by atoms with E-state index in [1.807, 2.05) is 30.5 Å². The van der Waals surface area contributed by atoms with Gasteiger partial charge in [-0.3, -0.25) is 9.79 Å². The first-order valence-corrected chi connectivity index (χ1v) is 10.0. The number of nitrogens with one attached hydrogen (secondary N) is 2. The van der Waals surface area contributed by atoms with Crippen LogP contribution in [0.1, 0.15) is 34.3 Å². The van der Waals surface area contributed by atoms with Gasteiger partial charge in [-0.25, -0.2) is 4.98 Å². The van der Waals surface area contributed by atoms with Crippen molar-refractivity contribution in [2.75, 3.05) is 39.1 Å². The van der Waals surface area contributed by atoms with Crippen LogP contribution in [0.4, 0.5) is 5.82 Å². The molecule has 3 rings (SSSR count). The van der Waals surface area contributed by atoms with Crippen molar-refractivity contribution in [3.63, 3.8) is 0 Å². The minimum Gasteiger partial charge on any atom is -0.357 e. The number of nitrogens with zero attached hydrogens (tertiary/aromatic N) is 4. The zero-order valence-corrected chi connectivity index (χ0v) is 17.5. The highest BCUT2D eigenvalue weighted by Crippen LogP contribution is 2.17. The van der Waals surface area contributed by atoms with Gasteiger partial charge in [0, 0.05) is 59.1 Å². The lowest BCUT2D eigenvalue weighted by atomic mass is 10.1. The van der Waals surface area contributed by atoms with Gasteiger partial charge in [0.15, 0.2) is 5.96 Å². The topological polar surface area (TPSA) is 72.9 Å². The number of hydrogen-bond acceptors (Lipinski definition) is 4. The van der Waals surface area contributed by atoms with Gasteiger partial charge >= 0.3 is 0 Å². The Morgan fingerprint density at radius 3 is 2.21 bits per heavy atom. The number of hydrogen-bond donors (Lipinski definition) is 2. The number of pyridine rings is 1. The summed E-state index contributed by atoms with van der Waals surface area (Å²) in [6, 6.07) is 11.8. The van der Waals surface area contributed by atoms with Crippen LogP contribution in [0.3, 0.4) is 0 Å². The lowest BCUT2D eigenvalue weighted by Crippen LogP contribution is -2.36. The van der Waals surface area contributed by atoms with Crippen molar-refractivity contribution in [2.24, 2.45) is 4.99 Å². The van der Waals surface area contributed by atoms with E-state index in [0.717, 1.165) is 36.0 Å². The van der Waals surface area contributed by atoms with Gasteiger partial charge in [-0.2, -0.15) is 0 Å². The predicted molar refractivity (Wildman–Crippen MR) is 117 cm³/mol. The molecular formula is C22H30N6O. The lowest BCUT2D eigenvalue weighted by Gasteiger charge is -2.16. The van der Waals surface area contributed by atoms with Crippen molar-refractivity contribution >= 4 is 17.7 Å². The molecule has 1 aliphatic rings. The highest BCUT2D eigenvalue weighted by atomic mass is 16.2. The summed E-state index contributed by atoms with van der Waals surface area (Å²) >= 11 is 0. The molecule has 7 heteroatoms. The number of rotatable bonds is 6. The normalized spacial score (nSPS) is 14.0. The molecule has 1 saturated heterocycles. The first-order chi connectivity index (χ1) is 14.1. The van der Waals surface area contributed by atoms with Crippen molar-refractivity contribution in [3.05, 3.63) is 59.3 Å². The third kappa shape index (κ3) is 5.70. The molecule has 154 valence electrons. The Kier molecular flexibility index (Phi) is 7.05. The maximum atomic E-state index is 12.0. The Hall–Kier alpha value is -3.09. The van der Waals surface area contributed by atoms with Gasteiger partial charge in [-0.05, 0) is 42.2 Å². The second-order valence-electron chi connectivity index (χ2n) is 7.39. The number of guanidine groups is 1. The molecule has 29 heavy (non-hydrogen) atoms. The van der Waals surface area contributed by atoms with Gasteiger partial charge in [0.2, 0.25) is 0 Å². The Bertz CT molecular complexity index is 823. The van der Waals surface area contributed by atoms with E-state index in [2.05, 4.69) is 37.6 Å². The average molecular weight is 395 g/mol. The van der Waals surface area contributed by atoms with Crippen LogP contribution >= 0.6 is 0 Å². The minimum atomic E-state index is 0.00587. The second kappa shape index (κ2) is 9.91. The number of aromatic nitrogens is 1. The predicted octanol–water partition coefficient (Wildman–Crippen LogP) is 2.25. The SMILES string of the molecule is CN=C(NCc1ccc(C(=O)N(C)C)cc1)NCc1ccc(N2CCCC2)nc1. The van der Waals surface area contributed by atoms with E-state index >= 15 is 0 Å². The van der Waals surface area contributed by atoms with E-state index in [-0.39, 0.29) is 5.91 Å². The van der Waals surface area contributed by atoms with Crippen LogP contribution < -0.4 is 15.5 Å². The van der Waals surface area contributed by atoms with Gasteiger partial charge in [-0.15, -0.1) is 0 Å². The molecule has 2 N–H and O–H groups in total. The highest BCUT2D eigenvalue weighted by molar-refractivity contribution is 5.93. The first kappa shape index (κ1) is 20.6. The van der Waals surface area contributed by atoms with Crippen molar-refractivity contribution in [1.29, 1.82) is 0 Å². The number of benzene rings is 1. The van der Waals surface area contributed by atoms with Gasteiger partial charge in [-0.1, -0.05) is 18.2 Å². The van der Waals surface area contributed by atoms with Crippen LogP contribution in [0.5, 0.6) is 0 Å². The molecule has 0 saturated carbocycles. The standard InChI is InChI=1S/C22H30N6O/c1-23-22(25-14-17-6-9-19(10-7-17)21(29)27(2)3)26-16-18-8-11-20(24-15-18)28-12-4-5-13-28/h6-11,15H,4-5,12-14,16H2,1-3H3,(H2,23,25,26). The van der Waals surface area contributed by atoms with Gasteiger partial charge in [0.25, 0.3) is 5.91 Å². The Morgan fingerprint density at radius 2 is 1.66 bits per heavy atom. The van der Waals surface area contributed by atoms with E-state index in [4.69, 9.17) is 0 Å². The summed E-state index contributed by atoms with van der Waals surface area (Å²) in [5, 5.41) is 6.61. The maximum Gasteiger partial charge on any atom is 0.253 e. The molecule has 1 aromatic heterocycles. The molecule has 2 aromatic rings. The number of aliphatic imine (C=N–C) groups is 1. The van der Waals surface area contributed by atoms with Crippen LogP contribution in [0, 0.1) is 0 Å². The minimum absolute atomic E-state index is 0.00587. The quantitative estimate of drug-likeness (QED) is 0.581. The summed E-state index contributed by atoms with van der Waals surface area (Å²) in [7, 11) is 5.26. The Balaban J connectivity index is 1.47. The average Bonchev–Trinajstić information content (AvgIpc) is 3.29. The first-order valence-electron chi connectivity index (χ1n) is 10.0. The van der Waals surface area contributed by atoms with Crippen LogP contribution in [0.25, 0.3) is 0 Å². The van der Waals surface area contributed by atoms with Crippen LogP contribution in [0.2, 0.25) is 0 Å². The van der Waals surface area contributed by atoms with E-state index in [1.165, 1.54) is 12.8 Å². The fourth-order valence-electron chi connectivity index (χ4n) is 3.27. The third-order valence-electron chi connectivity index (χ3n) is 4.99. The maximum absolute atomic E-state index is 12.0. The van der Waals surface area contributed by atoms with E-state index in [1.54, 1.807) is 26.0 Å². The Morgan fingerprint density at radius 1 is 1.03 bits per heavy atom. The molecule has 0 radical (unpaired) electrons. The van der Waals surface area contributed by atoms with Crippen molar-refractivity contribution in [3.8, 4) is 0 Å². The van der Waals surface area contributed by atoms with Crippen LogP contribution in [0.15, 0.2) is 47.6 Å². The molecule has 0 unspecified atom stereocenters. The summed E-state index contributed by atoms with van der Waals surface area (Å²) in [5.74, 6) is 1.79. The summed E-state index contributed by atoms with van der Waals surface area (Å²) < 4.78 is 0. The molecule has 2 heterocycles. The molecular weight excluding hydrogens is 364 g/mol. The highest BCUT2D eigenvalue weighted by Gasteiger charge is 2.13. The summed E-state index contributed by atoms with van der Waals surface area (Å²) in [6.45, 7) is 3.49.